The third-order valence-electron chi connectivity index (χ3n) is 7.24. The summed E-state index contributed by atoms with van der Waals surface area (Å²) in [4.78, 5) is 25.2. The molecule has 3 heterocycles. The Labute approximate surface area is 231 Å². The van der Waals surface area contributed by atoms with Gasteiger partial charge in [-0.05, 0) is 42.7 Å². The molecule has 1 amide bonds. The molecule has 0 radical (unpaired) electrons. The van der Waals surface area contributed by atoms with Gasteiger partial charge < -0.3 is 24.3 Å². The van der Waals surface area contributed by atoms with Crippen molar-refractivity contribution in [3.05, 3.63) is 82.1 Å². The van der Waals surface area contributed by atoms with E-state index in [2.05, 4.69) is 57.0 Å². The van der Waals surface area contributed by atoms with Gasteiger partial charge in [-0.2, -0.15) is 0 Å². The van der Waals surface area contributed by atoms with Crippen LogP contribution in [0.15, 0.2) is 65.3 Å². The van der Waals surface area contributed by atoms with Gasteiger partial charge in [-0.15, -0.1) is 0 Å². The number of ether oxygens (including phenoxy) is 2. The van der Waals surface area contributed by atoms with Crippen molar-refractivity contribution < 1.29 is 14.3 Å². The molecule has 0 spiro atoms. The predicted octanol–water partition coefficient (Wildman–Crippen LogP) is 6.72. The van der Waals surface area contributed by atoms with Crippen molar-refractivity contribution in [1.29, 1.82) is 0 Å². The number of aryl methyl sites for hydroxylation is 1. The molecule has 1 aliphatic rings. The molecule has 1 aliphatic heterocycles. The summed E-state index contributed by atoms with van der Waals surface area (Å²) in [6.07, 6.45) is 2.39. The lowest BCUT2D eigenvalue weighted by molar-refractivity contribution is 0.0941. The van der Waals surface area contributed by atoms with Gasteiger partial charge in [0.25, 0.3) is 0 Å². The Hall–Kier alpha value is -3.36. The second-order valence-electron chi connectivity index (χ2n) is 9.54. The van der Waals surface area contributed by atoms with Crippen molar-refractivity contribution in [3.63, 3.8) is 0 Å². The van der Waals surface area contributed by atoms with Crippen LogP contribution in [0.5, 0.6) is 0 Å². The van der Waals surface area contributed by atoms with Gasteiger partial charge in [-0.1, -0.05) is 59.3 Å². The number of carbonyl (C=O) groups is 1. The van der Waals surface area contributed by atoms with Crippen molar-refractivity contribution in [1.82, 2.24) is 14.9 Å². The Bertz CT molecular complexity index is 1410. The monoisotopic (exact) mass is 576 g/mol. The zero-order chi connectivity index (χ0) is 26.6. The lowest BCUT2D eigenvalue weighted by Gasteiger charge is -2.35. The van der Waals surface area contributed by atoms with E-state index in [1.165, 1.54) is 10.9 Å². The highest BCUT2D eigenvalue weighted by atomic mass is 79.9. The fourth-order valence-corrected chi connectivity index (χ4v) is 5.42. The van der Waals surface area contributed by atoms with E-state index >= 15 is 0 Å². The van der Waals surface area contributed by atoms with E-state index in [1.54, 1.807) is 12.0 Å². The van der Waals surface area contributed by atoms with Crippen LogP contribution in [-0.2, 0) is 22.5 Å². The molecule has 198 valence electrons. The summed E-state index contributed by atoms with van der Waals surface area (Å²) >= 11 is 3.60. The zero-order valence-corrected chi connectivity index (χ0v) is 23.6. The van der Waals surface area contributed by atoms with Crippen molar-refractivity contribution in [2.45, 2.75) is 33.0 Å². The molecule has 1 N–H and O–H groups in total. The van der Waals surface area contributed by atoms with Gasteiger partial charge in [-0.3, -0.25) is 4.98 Å². The summed E-state index contributed by atoms with van der Waals surface area (Å²) in [5.74, 6) is 0. The average molecular weight is 578 g/mol. The molecule has 8 heteroatoms. The fourth-order valence-electron chi connectivity index (χ4n) is 5.06. The van der Waals surface area contributed by atoms with Crippen molar-refractivity contribution >= 4 is 38.6 Å². The van der Waals surface area contributed by atoms with Crippen LogP contribution in [0.2, 0.25) is 0 Å². The van der Waals surface area contributed by atoms with Gasteiger partial charge in [0.1, 0.15) is 6.61 Å². The first-order chi connectivity index (χ1) is 18.5. The molecule has 0 bridgehead atoms. The van der Waals surface area contributed by atoms with Crippen LogP contribution in [0.1, 0.15) is 36.8 Å². The lowest BCUT2D eigenvalue weighted by Crippen LogP contribution is -2.49. The smallest absolute Gasteiger partial charge is 0.410 e. The SMILES string of the molecule is CCc1c(-c2cc(N3CCN(C(=O)OCc4ccccc4)CC3)cnc2[C@H](C)OC)[nH]c2cc(Br)ccc12. The van der Waals surface area contributed by atoms with E-state index < -0.39 is 0 Å². The topological polar surface area (TPSA) is 70.7 Å². The van der Waals surface area contributed by atoms with Crippen LogP contribution in [-0.4, -0.2) is 54.2 Å². The van der Waals surface area contributed by atoms with Gasteiger partial charge in [-0.25, -0.2) is 4.79 Å². The van der Waals surface area contributed by atoms with E-state index in [0.29, 0.717) is 26.2 Å². The van der Waals surface area contributed by atoms with Crippen molar-refractivity contribution in [3.8, 4) is 11.3 Å². The number of aromatic nitrogens is 2. The van der Waals surface area contributed by atoms with Crippen molar-refractivity contribution in [2.75, 3.05) is 38.2 Å². The van der Waals surface area contributed by atoms with Gasteiger partial charge in [0.05, 0.1) is 29.4 Å². The van der Waals surface area contributed by atoms with Gasteiger partial charge >= 0.3 is 6.09 Å². The molecular formula is C30H33BrN4O3. The summed E-state index contributed by atoms with van der Waals surface area (Å²) in [7, 11) is 1.71. The minimum absolute atomic E-state index is 0.155. The minimum atomic E-state index is -0.270. The van der Waals surface area contributed by atoms with E-state index in [4.69, 9.17) is 14.5 Å². The Kier molecular flexibility index (Phi) is 8.00. The van der Waals surface area contributed by atoms with Crippen LogP contribution < -0.4 is 4.90 Å². The number of methoxy groups -OCH3 is 1. The minimum Gasteiger partial charge on any atom is -0.445 e. The number of halogens is 1. The first kappa shape index (κ1) is 26.3. The number of hydrogen-bond acceptors (Lipinski definition) is 5. The number of fused-ring (bicyclic) bond motifs is 1. The molecule has 0 saturated carbocycles. The molecule has 2 aromatic carbocycles. The molecule has 38 heavy (non-hydrogen) atoms. The largest absolute Gasteiger partial charge is 0.445 e. The highest BCUT2D eigenvalue weighted by Gasteiger charge is 2.25. The number of H-pyrrole nitrogens is 1. The Morgan fingerprint density at radius 2 is 1.87 bits per heavy atom. The van der Waals surface area contributed by atoms with Crippen LogP contribution in [0.3, 0.4) is 0 Å². The van der Waals surface area contributed by atoms with Crippen molar-refractivity contribution in [2.24, 2.45) is 0 Å². The molecule has 7 nitrogen and oxygen atoms in total. The van der Waals surface area contributed by atoms with E-state index in [0.717, 1.165) is 44.6 Å². The summed E-state index contributed by atoms with van der Waals surface area (Å²) in [5, 5.41) is 1.22. The average Bonchev–Trinajstić information content (AvgIpc) is 3.33. The number of nitrogens with one attached hydrogen (secondary N) is 1. The van der Waals surface area contributed by atoms with Crippen LogP contribution in [0.4, 0.5) is 10.5 Å². The third-order valence-corrected chi connectivity index (χ3v) is 7.74. The first-order valence-electron chi connectivity index (χ1n) is 13.0. The van der Waals surface area contributed by atoms with E-state index in [-0.39, 0.29) is 18.8 Å². The molecule has 4 aromatic rings. The molecular weight excluding hydrogens is 544 g/mol. The number of anilines is 1. The van der Waals surface area contributed by atoms with Gasteiger partial charge in [0.15, 0.2) is 0 Å². The Morgan fingerprint density at radius 3 is 2.58 bits per heavy atom. The fraction of sp³-hybridized carbons (Fsp3) is 0.333. The number of piperazine rings is 1. The second-order valence-corrected chi connectivity index (χ2v) is 10.5. The maximum absolute atomic E-state index is 12.6. The molecule has 0 aliphatic carbocycles. The molecule has 1 atom stereocenters. The Morgan fingerprint density at radius 1 is 1.11 bits per heavy atom. The third kappa shape index (κ3) is 5.42. The number of amides is 1. The maximum Gasteiger partial charge on any atom is 0.410 e. The highest BCUT2D eigenvalue weighted by molar-refractivity contribution is 9.10. The van der Waals surface area contributed by atoms with Gasteiger partial charge in [0, 0.05) is 54.2 Å². The first-order valence-corrected chi connectivity index (χ1v) is 13.8. The standard InChI is InChI=1S/C30H33BrN4O3/c1-4-24-25-11-10-22(31)16-27(25)33-29(24)26-17-23(18-32-28(26)20(2)37-3)34-12-14-35(15-13-34)30(36)38-19-21-8-6-5-7-9-21/h5-11,16-18,20,33H,4,12-15,19H2,1-3H3/t20-/m0/s1. The Balaban J connectivity index is 1.37. The molecule has 1 saturated heterocycles. The number of aromatic amines is 1. The van der Waals surface area contributed by atoms with Gasteiger partial charge in [0.2, 0.25) is 0 Å². The second kappa shape index (κ2) is 11.6. The van der Waals surface area contributed by atoms with E-state index in [9.17, 15) is 4.79 Å². The zero-order valence-electron chi connectivity index (χ0n) is 22.0. The lowest BCUT2D eigenvalue weighted by atomic mass is 9.99. The molecule has 0 unspecified atom stereocenters. The predicted molar refractivity (Wildman–Crippen MR) is 154 cm³/mol. The summed E-state index contributed by atoms with van der Waals surface area (Å²) in [6, 6.07) is 18.3. The molecule has 1 fully saturated rings. The number of pyridine rings is 1. The molecule has 5 rings (SSSR count). The maximum atomic E-state index is 12.6. The van der Waals surface area contributed by atoms with Crippen LogP contribution in [0.25, 0.3) is 22.2 Å². The number of rotatable bonds is 7. The number of carbonyl (C=O) groups excluding carboxylic acids is 1. The summed E-state index contributed by atoms with van der Waals surface area (Å²) in [5.41, 5.74) is 7.41. The number of hydrogen-bond donors (Lipinski definition) is 1. The molecule has 2 aromatic heterocycles. The van der Waals surface area contributed by atoms with Crippen LogP contribution >= 0.6 is 15.9 Å². The number of benzene rings is 2. The van der Waals surface area contributed by atoms with Crippen LogP contribution in [0, 0.1) is 0 Å². The summed E-state index contributed by atoms with van der Waals surface area (Å²) in [6.45, 7) is 7.10. The highest BCUT2D eigenvalue weighted by Crippen LogP contribution is 2.37. The number of nitrogens with zero attached hydrogens (tertiary/aromatic N) is 3. The normalized spacial score (nSPS) is 14.6. The summed E-state index contributed by atoms with van der Waals surface area (Å²) < 4.78 is 12.3. The quantitative estimate of drug-likeness (QED) is 0.264. The van der Waals surface area contributed by atoms with E-state index in [1.807, 2.05) is 43.5 Å².